The van der Waals surface area contributed by atoms with Gasteiger partial charge in [0.25, 0.3) is 0 Å². The molecule has 0 aliphatic carbocycles. The summed E-state index contributed by atoms with van der Waals surface area (Å²) in [6.45, 7) is 0.935. The highest BCUT2D eigenvalue weighted by Gasteiger charge is 2.13. The van der Waals surface area contributed by atoms with Gasteiger partial charge in [0.05, 0.1) is 7.05 Å². The van der Waals surface area contributed by atoms with Crippen molar-refractivity contribution in [2.24, 2.45) is 13.0 Å². The molecule has 102 valence electrons. The summed E-state index contributed by atoms with van der Waals surface area (Å²) in [5.74, 6) is 1.27. The van der Waals surface area contributed by atoms with Gasteiger partial charge in [-0.15, -0.1) is 10.2 Å². The van der Waals surface area contributed by atoms with Crippen molar-refractivity contribution in [1.29, 1.82) is 0 Å². The van der Waals surface area contributed by atoms with Crippen molar-refractivity contribution < 1.29 is 0 Å². The molecule has 0 saturated heterocycles. The Labute approximate surface area is 121 Å². The number of tetrazole rings is 1. The summed E-state index contributed by atoms with van der Waals surface area (Å²) >= 11 is 3.51. The van der Waals surface area contributed by atoms with Crippen LogP contribution in [0.2, 0.25) is 0 Å². The van der Waals surface area contributed by atoms with Crippen LogP contribution in [0.1, 0.15) is 11.4 Å². The fourth-order valence-electron chi connectivity index (χ4n) is 2.17. The summed E-state index contributed by atoms with van der Waals surface area (Å²) in [6, 6.07) is 8.42. The Kier molecular flexibility index (Phi) is 5.04. The van der Waals surface area contributed by atoms with Gasteiger partial charge in [-0.25, -0.2) is 0 Å². The van der Waals surface area contributed by atoms with Crippen molar-refractivity contribution in [3.8, 4) is 0 Å². The number of benzene rings is 1. The molecule has 5 nitrogen and oxygen atoms in total. The number of nitrogens with one attached hydrogen (secondary N) is 1. The summed E-state index contributed by atoms with van der Waals surface area (Å²) in [6.07, 6.45) is 1.83. The van der Waals surface area contributed by atoms with E-state index in [-0.39, 0.29) is 0 Å². The predicted molar refractivity (Wildman–Crippen MR) is 77.8 cm³/mol. The van der Waals surface area contributed by atoms with Gasteiger partial charge >= 0.3 is 0 Å². The van der Waals surface area contributed by atoms with Crippen LogP contribution in [0.5, 0.6) is 0 Å². The zero-order valence-corrected chi connectivity index (χ0v) is 12.8. The summed E-state index contributed by atoms with van der Waals surface area (Å²) in [7, 11) is 3.76. The quantitative estimate of drug-likeness (QED) is 0.877. The van der Waals surface area contributed by atoms with Crippen molar-refractivity contribution in [2.45, 2.75) is 12.8 Å². The standard InChI is InChI=1S/C13H18BrN5/c1-15-9-11(8-13-16-18-19(2)17-13)6-10-4-3-5-12(14)7-10/h3-5,7,11,15H,6,8-9H2,1-2H3. The third-order valence-corrected chi connectivity index (χ3v) is 3.42. The molecule has 1 unspecified atom stereocenters. The maximum absolute atomic E-state index is 4.25. The Balaban J connectivity index is 2.03. The lowest BCUT2D eigenvalue weighted by molar-refractivity contribution is 0.481. The lowest BCUT2D eigenvalue weighted by Crippen LogP contribution is -2.23. The summed E-state index contributed by atoms with van der Waals surface area (Å²) in [4.78, 5) is 1.50. The smallest absolute Gasteiger partial charge is 0.175 e. The summed E-state index contributed by atoms with van der Waals surface area (Å²) < 4.78 is 1.12. The first kappa shape index (κ1) is 14.1. The van der Waals surface area contributed by atoms with E-state index in [1.807, 2.05) is 13.1 Å². The van der Waals surface area contributed by atoms with Crippen molar-refractivity contribution >= 4 is 15.9 Å². The average molecular weight is 324 g/mol. The Hall–Kier alpha value is -1.27. The number of aryl methyl sites for hydroxylation is 1. The zero-order valence-electron chi connectivity index (χ0n) is 11.2. The molecule has 0 saturated carbocycles. The highest BCUT2D eigenvalue weighted by molar-refractivity contribution is 9.10. The molecule has 0 aliphatic rings. The molecule has 6 heteroatoms. The molecule has 1 heterocycles. The van der Waals surface area contributed by atoms with Crippen LogP contribution in [0.15, 0.2) is 28.7 Å². The van der Waals surface area contributed by atoms with E-state index >= 15 is 0 Å². The normalized spacial score (nSPS) is 12.6. The zero-order chi connectivity index (χ0) is 13.7. The van der Waals surface area contributed by atoms with Gasteiger partial charge < -0.3 is 5.32 Å². The largest absolute Gasteiger partial charge is 0.319 e. The van der Waals surface area contributed by atoms with Gasteiger partial charge in [-0.05, 0) is 48.8 Å². The lowest BCUT2D eigenvalue weighted by Gasteiger charge is -2.14. The van der Waals surface area contributed by atoms with E-state index in [0.717, 1.165) is 29.7 Å². The minimum Gasteiger partial charge on any atom is -0.319 e. The summed E-state index contributed by atoms with van der Waals surface area (Å²) in [5, 5.41) is 15.4. The van der Waals surface area contributed by atoms with Crippen molar-refractivity contribution in [3.63, 3.8) is 0 Å². The molecule has 0 amide bonds. The van der Waals surface area contributed by atoms with Crippen LogP contribution in [-0.2, 0) is 19.9 Å². The molecule has 0 spiro atoms. The van der Waals surface area contributed by atoms with Gasteiger partial charge in [0.2, 0.25) is 0 Å². The molecule has 0 radical (unpaired) electrons. The van der Waals surface area contributed by atoms with Crippen molar-refractivity contribution in [1.82, 2.24) is 25.5 Å². The van der Waals surface area contributed by atoms with Crippen LogP contribution in [0.25, 0.3) is 0 Å². The molecule has 0 bridgehead atoms. The van der Waals surface area contributed by atoms with E-state index in [9.17, 15) is 0 Å². The Morgan fingerprint density at radius 1 is 1.37 bits per heavy atom. The fourth-order valence-corrected chi connectivity index (χ4v) is 2.61. The van der Waals surface area contributed by atoms with E-state index in [0.29, 0.717) is 5.92 Å². The second-order valence-corrected chi connectivity index (χ2v) is 5.57. The van der Waals surface area contributed by atoms with Crippen molar-refractivity contribution in [3.05, 3.63) is 40.1 Å². The number of nitrogens with zero attached hydrogens (tertiary/aromatic N) is 4. The molecule has 0 aliphatic heterocycles. The van der Waals surface area contributed by atoms with Gasteiger partial charge in [-0.3, -0.25) is 0 Å². The van der Waals surface area contributed by atoms with E-state index in [2.05, 4.69) is 54.9 Å². The molecule has 2 rings (SSSR count). The molecule has 1 aromatic heterocycles. The van der Waals surface area contributed by atoms with Gasteiger partial charge in [-0.2, -0.15) is 4.80 Å². The third-order valence-electron chi connectivity index (χ3n) is 2.93. The minimum atomic E-state index is 0.462. The first-order chi connectivity index (χ1) is 9.17. The first-order valence-electron chi connectivity index (χ1n) is 6.29. The Morgan fingerprint density at radius 3 is 2.84 bits per heavy atom. The Morgan fingerprint density at radius 2 is 2.21 bits per heavy atom. The molecule has 1 atom stereocenters. The van der Waals surface area contributed by atoms with E-state index in [1.165, 1.54) is 10.4 Å². The van der Waals surface area contributed by atoms with Gasteiger partial charge in [0, 0.05) is 10.9 Å². The van der Waals surface area contributed by atoms with E-state index in [1.54, 1.807) is 7.05 Å². The molecule has 1 N–H and O–H groups in total. The third kappa shape index (κ3) is 4.40. The van der Waals surface area contributed by atoms with E-state index < -0.39 is 0 Å². The molecule has 1 aromatic carbocycles. The first-order valence-corrected chi connectivity index (χ1v) is 7.08. The number of rotatable bonds is 6. The van der Waals surface area contributed by atoms with Crippen LogP contribution >= 0.6 is 15.9 Å². The maximum atomic E-state index is 4.25. The highest BCUT2D eigenvalue weighted by Crippen LogP contribution is 2.16. The number of hydrogen-bond donors (Lipinski definition) is 1. The number of halogens is 1. The van der Waals surface area contributed by atoms with Crippen LogP contribution < -0.4 is 5.32 Å². The van der Waals surface area contributed by atoms with Crippen LogP contribution in [-0.4, -0.2) is 33.8 Å². The van der Waals surface area contributed by atoms with Crippen molar-refractivity contribution in [2.75, 3.05) is 13.6 Å². The van der Waals surface area contributed by atoms with Gasteiger partial charge in [-0.1, -0.05) is 28.1 Å². The van der Waals surface area contributed by atoms with Crippen LogP contribution in [0.3, 0.4) is 0 Å². The highest BCUT2D eigenvalue weighted by atomic mass is 79.9. The maximum Gasteiger partial charge on any atom is 0.175 e. The summed E-state index contributed by atoms with van der Waals surface area (Å²) in [5.41, 5.74) is 1.32. The molecule has 0 fully saturated rings. The number of hydrogen-bond acceptors (Lipinski definition) is 4. The second-order valence-electron chi connectivity index (χ2n) is 4.66. The van der Waals surface area contributed by atoms with Crippen LogP contribution in [0.4, 0.5) is 0 Å². The topological polar surface area (TPSA) is 55.6 Å². The lowest BCUT2D eigenvalue weighted by atomic mass is 9.96. The number of aromatic nitrogens is 4. The second kappa shape index (κ2) is 6.77. The predicted octanol–water partition coefficient (Wildman–Crippen LogP) is 1.59. The van der Waals surface area contributed by atoms with E-state index in [4.69, 9.17) is 0 Å². The SMILES string of the molecule is CNCC(Cc1cccc(Br)c1)Cc1nnn(C)n1. The molecular formula is C13H18BrN5. The average Bonchev–Trinajstić information content (AvgIpc) is 2.75. The van der Waals surface area contributed by atoms with Crippen LogP contribution in [0, 0.1) is 5.92 Å². The monoisotopic (exact) mass is 323 g/mol. The fraction of sp³-hybridized carbons (Fsp3) is 0.462. The van der Waals surface area contributed by atoms with Gasteiger partial charge in [0.1, 0.15) is 0 Å². The van der Waals surface area contributed by atoms with Gasteiger partial charge in [0.15, 0.2) is 5.82 Å². The molecule has 2 aromatic rings. The molecule has 19 heavy (non-hydrogen) atoms. The Bertz CT molecular complexity index is 525. The molecular weight excluding hydrogens is 306 g/mol. The minimum absolute atomic E-state index is 0.462.